The molecule has 0 bridgehead atoms. The highest BCUT2D eigenvalue weighted by molar-refractivity contribution is 6.25. The van der Waals surface area contributed by atoms with Gasteiger partial charge in [0.2, 0.25) is 0 Å². The molecule has 0 unspecified atom stereocenters. The molecule has 0 saturated heterocycles. The van der Waals surface area contributed by atoms with Crippen LogP contribution in [0.15, 0.2) is 140 Å². The van der Waals surface area contributed by atoms with Gasteiger partial charge in [-0.25, -0.2) is 4.98 Å². The molecule has 5 aromatic carbocycles. The zero-order valence-corrected chi connectivity index (χ0v) is 26.1. The molecule has 0 spiro atoms. The molecule has 0 atom stereocenters. The molecular formula is C42H28N6O. The van der Waals surface area contributed by atoms with Crippen molar-refractivity contribution < 1.29 is 8.85 Å². The number of fused-ring (bicyclic) bond motifs is 11. The van der Waals surface area contributed by atoms with Gasteiger partial charge in [0.1, 0.15) is 11.5 Å². The number of nitrogens with zero attached hydrogens (tertiary/aromatic N) is 6. The molecule has 7 heteroatoms. The SMILES string of the molecule is [2H]C([2H])([2H])N1CN(c2cncc(Oc3ccc4c5cccc6c7cccc8c9ccccc9n(c9cccnc9n(c4c3)c56)c87)c2)c2ccccc21. The van der Waals surface area contributed by atoms with Crippen LogP contribution in [-0.2, 0) is 0 Å². The average Bonchev–Trinajstić information content (AvgIpc) is 3.83. The number of rotatable bonds is 3. The van der Waals surface area contributed by atoms with Gasteiger partial charge in [0.15, 0.2) is 5.65 Å². The Morgan fingerprint density at radius 1 is 0.592 bits per heavy atom. The zero-order valence-electron chi connectivity index (χ0n) is 29.1. The molecule has 0 N–H and O–H groups in total. The van der Waals surface area contributed by atoms with Crippen molar-refractivity contribution in [1.82, 2.24) is 18.8 Å². The van der Waals surface area contributed by atoms with E-state index in [4.69, 9.17) is 13.8 Å². The van der Waals surface area contributed by atoms with Crippen molar-refractivity contribution in [3.8, 4) is 11.5 Å². The first-order valence-corrected chi connectivity index (χ1v) is 16.3. The molecule has 0 fully saturated rings. The average molecular weight is 636 g/mol. The molecule has 49 heavy (non-hydrogen) atoms. The minimum absolute atomic E-state index is 0.175. The summed E-state index contributed by atoms with van der Waals surface area (Å²) < 4.78 is 35.5. The Balaban J connectivity index is 1.13. The van der Waals surface area contributed by atoms with Crippen LogP contribution in [0.4, 0.5) is 17.1 Å². The maximum Gasteiger partial charge on any atom is 0.162 e. The number of anilines is 3. The molecule has 1 aliphatic heterocycles. The van der Waals surface area contributed by atoms with Gasteiger partial charge >= 0.3 is 0 Å². The van der Waals surface area contributed by atoms with Crippen molar-refractivity contribution in [2.75, 3.05) is 23.4 Å². The summed E-state index contributed by atoms with van der Waals surface area (Å²) >= 11 is 0. The van der Waals surface area contributed by atoms with E-state index < -0.39 is 6.98 Å². The van der Waals surface area contributed by atoms with Crippen LogP contribution in [0.5, 0.6) is 11.5 Å². The van der Waals surface area contributed by atoms with E-state index in [1.165, 1.54) is 21.2 Å². The highest BCUT2D eigenvalue weighted by atomic mass is 16.5. The number of hydrogen-bond donors (Lipinski definition) is 0. The smallest absolute Gasteiger partial charge is 0.162 e. The maximum absolute atomic E-state index is 8.11. The fraction of sp³-hybridized carbons (Fsp3) is 0.0476. The Morgan fingerprint density at radius 3 is 2.12 bits per heavy atom. The number of ether oxygens (including phenoxy) is 1. The lowest BCUT2D eigenvalue weighted by atomic mass is 10.0. The Labute approximate surface area is 284 Å². The normalized spacial score (nSPS) is 14.4. The second-order valence-corrected chi connectivity index (χ2v) is 12.6. The van der Waals surface area contributed by atoms with Gasteiger partial charge in [-0.1, -0.05) is 66.7 Å². The first kappa shape index (κ1) is 23.7. The number of para-hydroxylation sites is 5. The monoisotopic (exact) mass is 635 g/mol. The fourth-order valence-corrected chi connectivity index (χ4v) is 7.95. The van der Waals surface area contributed by atoms with Crippen LogP contribution in [0.2, 0.25) is 0 Å². The van der Waals surface area contributed by atoms with Gasteiger partial charge < -0.3 is 18.9 Å². The Bertz CT molecular complexity index is 3110. The van der Waals surface area contributed by atoms with E-state index in [9.17, 15) is 0 Å². The quantitative estimate of drug-likeness (QED) is 0.193. The molecule has 11 rings (SSSR count). The van der Waals surface area contributed by atoms with Crippen molar-refractivity contribution in [3.63, 3.8) is 0 Å². The summed E-state index contributed by atoms with van der Waals surface area (Å²) in [6.07, 6.45) is 5.27. The van der Waals surface area contributed by atoms with Crippen LogP contribution >= 0.6 is 0 Å². The van der Waals surface area contributed by atoms with Gasteiger partial charge in [0.25, 0.3) is 0 Å². The van der Waals surface area contributed by atoms with Crippen molar-refractivity contribution in [3.05, 3.63) is 140 Å². The van der Waals surface area contributed by atoms with Gasteiger partial charge in [-0.2, -0.15) is 0 Å². The van der Waals surface area contributed by atoms with E-state index in [0.717, 1.165) is 60.6 Å². The van der Waals surface area contributed by atoms with E-state index in [1.54, 1.807) is 12.4 Å². The summed E-state index contributed by atoms with van der Waals surface area (Å²) in [5.74, 6) is 1.19. The van der Waals surface area contributed by atoms with Gasteiger partial charge in [0, 0.05) is 61.7 Å². The van der Waals surface area contributed by atoms with Crippen LogP contribution < -0.4 is 14.5 Å². The lowest BCUT2D eigenvalue weighted by Crippen LogP contribution is -2.24. The van der Waals surface area contributed by atoms with Crippen molar-refractivity contribution in [1.29, 1.82) is 0 Å². The van der Waals surface area contributed by atoms with Gasteiger partial charge in [-0.15, -0.1) is 0 Å². The molecule has 5 aromatic heterocycles. The third-order valence-electron chi connectivity index (χ3n) is 9.96. The van der Waals surface area contributed by atoms with Crippen LogP contribution in [0.25, 0.3) is 65.5 Å². The Morgan fingerprint density at radius 2 is 1.29 bits per heavy atom. The summed E-state index contributed by atoms with van der Waals surface area (Å²) in [4.78, 5) is 12.9. The molecule has 0 aliphatic carbocycles. The van der Waals surface area contributed by atoms with Crippen LogP contribution in [0.1, 0.15) is 4.11 Å². The third kappa shape index (κ3) is 3.61. The minimum Gasteiger partial charge on any atom is -0.456 e. The van der Waals surface area contributed by atoms with E-state index in [1.807, 2.05) is 53.6 Å². The summed E-state index contributed by atoms with van der Waals surface area (Å²) in [6, 6.07) is 41.5. The third-order valence-corrected chi connectivity index (χ3v) is 9.96. The molecule has 1 aliphatic rings. The Hall–Kier alpha value is -6.60. The number of benzene rings is 5. The van der Waals surface area contributed by atoms with Gasteiger partial charge in [-0.3, -0.25) is 9.38 Å². The Kier molecular flexibility index (Phi) is 4.69. The molecule has 7 nitrogen and oxygen atoms in total. The molecule has 0 radical (unpaired) electrons. The summed E-state index contributed by atoms with van der Waals surface area (Å²) in [6.45, 7) is -2.11. The van der Waals surface area contributed by atoms with Gasteiger partial charge in [0.05, 0.1) is 63.7 Å². The number of pyridine rings is 2. The van der Waals surface area contributed by atoms with Crippen molar-refractivity contribution in [2.45, 2.75) is 0 Å². The first-order chi connectivity index (χ1) is 25.4. The second-order valence-electron chi connectivity index (χ2n) is 12.6. The summed E-state index contributed by atoms with van der Waals surface area (Å²) in [5, 5.41) is 6.93. The molecule has 0 amide bonds. The van der Waals surface area contributed by atoms with E-state index in [0.29, 0.717) is 17.2 Å². The van der Waals surface area contributed by atoms with Crippen molar-refractivity contribution in [2.24, 2.45) is 0 Å². The molecule has 232 valence electrons. The standard InChI is InChI=1S/C42H28N6O/c1-45-25-46(37-16-5-4-15-36(37)45)26-21-28(24-43-23-26)49-27-18-19-30-32-11-7-13-34-33-12-6-10-31-29-9-2-3-14-35(29)47(40(31)33)38-17-8-20-44-42(38)48(41(32)34)39(30)22-27/h2-24H,25H2,1H3/i1D3. The first-order valence-electron chi connectivity index (χ1n) is 17.8. The van der Waals surface area contributed by atoms with Crippen LogP contribution in [0, 0.1) is 0 Å². The lowest BCUT2D eigenvalue weighted by molar-refractivity contribution is 0.481. The van der Waals surface area contributed by atoms with Crippen LogP contribution in [-0.4, -0.2) is 32.4 Å². The highest BCUT2D eigenvalue weighted by Gasteiger charge is 2.25. The topological polar surface area (TPSA) is 50.3 Å². The van der Waals surface area contributed by atoms with E-state index in [2.05, 4.69) is 92.6 Å². The molecule has 10 aromatic rings. The number of hydrogen-bond acceptors (Lipinski definition) is 5. The largest absolute Gasteiger partial charge is 0.456 e. The molecular weight excluding hydrogens is 605 g/mol. The van der Waals surface area contributed by atoms with E-state index >= 15 is 0 Å². The van der Waals surface area contributed by atoms with E-state index in [-0.39, 0.29) is 6.67 Å². The molecule has 0 saturated carbocycles. The zero-order chi connectivity index (χ0) is 34.7. The minimum atomic E-state index is -2.28. The second kappa shape index (κ2) is 9.71. The highest BCUT2D eigenvalue weighted by Crippen LogP contribution is 2.43. The number of aromatic nitrogens is 4. The molecule has 6 heterocycles. The predicted octanol–water partition coefficient (Wildman–Crippen LogP) is 10.1. The van der Waals surface area contributed by atoms with Crippen LogP contribution in [0.3, 0.4) is 0 Å². The van der Waals surface area contributed by atoms with Crippen molar-refractivity contribution >= 4 is 82.6 Å². The fourth-order valence-electron chi connectivity index (χ4n) is 7.95. The van der Waals surface area contributed by atoms with Gasteiger partial charge in [-0.05, 0) is 42.5 Å². The summed E-state index contributed by atoms with van der Waals surface area (Å²) in [7, 11) is 0. The maximum atomic E-state index is 8.11. The lowest BCUT2D eigenvalue weighted by Gasteiger charge is -2.19. The predicted molar refractivity (Wildman–Crippen MR) is 200 cm³/mol. The summed E-state index contributed by atoms with van der Waals surface area (Å²) in [5.41, 5.74) is 8.39.